The van der Waals surface area contributed by atoms with E-state index in [1.807, 2.05) is 62.4 Å². The van der Waals surface area contributed by atoms with E-state index in [9.17, 15) is 4.79 Å². The summed E-state index contributed by atoms with van der Waals surface area (Å²) >= 11 is 0. The number of aryl methyl sites for hydroxylation is 1. The van der Waals surface area contributed by atoms with Gasteiger partial charge in [-0.2, -0.15) is 0 Å². The number of ether oxygens (including phenoxy) is 1. The van der Waals surface area contributed by atoms with E-state index in [1.165, 1.54) is 15.9 Å². The molecule has 0 N–H and O–H groups in total. The van der Waals surface area contributed by atoms with Crippen LogP contribution in [0.25, 0.3) is 33.5 Å². The monoisotopic (exact) mass is 454 g/mol. The second kappa shape index (κ2) is 9.62. The Kier molecular flexibility index (Phi) is 6.45. The summed E-state index contributed by atoms with van der Waals surface area (Å²) in [6, 6.07) is 9.56. The van der Waals surface area contributed by atoms with Gasteiger partial charge in [0.15, 0.2) is 12.2 Å². The zero-order chi connectivity index (χ0) is 24.2. The Bertz CT molecular complexity index is 1420. The summed E-state index contributed by atoms with van der Waals surface area (Å²) in [5, 5.41) is 0.781. The average Bonchev–Trinajstić information content (AvgIpc) is 3.41. The summed E-state index contributed by atoms with van der Waals surface area (Å²) in [7, 11) is 3.41. The first-order valence-corrected chi connectivity index (χ1v) is 10.8. The minimum absolute atomic E-state index is 0.203. The molecule has 0 atom stereocenters. The molecule has 34 heavy (non-hydrogen) atoms. The van der Waals surface area contributed by atoms with Crippen LogP contribution in [0.4, 0.5) is 4.79 Å². The number of hydrogen-bond donors (Lipinski definition) is 0. The predicted octanol–water partition coefficient (Wildman–Crippen LogP) is 6.22. The first-order valence-electron chi connectivity index (χ1n) is 10.8. The molecule has 1 aromatic carbocycles. The third kappa shape index (κ3) is 4.41. The van der Waals surface area contributed by atoms with Gasteiger partial charge in [0.25, 0.3) is 0 Å². The molecule has 0 fully saturated rings. The van der Waals surface area contributed by atoms with Gasteiger partial charge in [-0.1, -0.05) is 43.0 Å². The number of aromatic nitrogens is 3. The lowest BCUT2D eigenvalue weighted by atomic mass is 10.0. The normalized spacial score (nSPS) is 11.8. The molecule has 0 spiro atoms. The van der Waals surface area contributed by atoms with Gasteiger partial charge in [-0.15, -0.1) is 0 Å². The molecular formula is C27H26N4O3. The van der Waals surface area contributed by atoms with Crippen molar-refractivity contribution in [2.45, 2.75) is 13.8 Å². The second-order valence-corrected chi connectivity index (χ2v) is 7.95. The largest absolute Gasteiger partial charge is 0.461 e. The van der Waals surface area contributed by atoms with Gasteiger partial charge in [-0.25, -0.2) is 14.8 Å². The molecule has 3 aromatic heterocycles. The Balaban J connectivity index is 1.86. The van der Waals surface area contributed by atoms with Crippen LogP contribution in [0.3, 0.4) is 0 Å². The number of oxazole rings is 1. The Morgan fingerprint density at radius 2 is 1.97 bits per heavy atom. The molecule has 0 unspecified atom stereocenters. The molecule has 0 aliphatic carbocycles. The smallest absolute Gasteiger partial charge is 0.329 e. The van der Waals surface area contributed by atoms with Crippen molar-refractivity contribution in [2.75, 3.05) is 14.1 Å². The molecule has 7 heteroatoms. The van der Waals surface area contributed by atoms with Gasteiger partial charge in [0.1, 0.15) is 17.2 Å². The van der Waals surface area contributed by atoms with Crippen molar-refractivity contribution < 1.29 is 13.9 Å². The van der Waals surface area contributed by atoms with Crippen molar-refractivity contribution in [3.63, 3.8) is 0 Å². The summed E-state index contributed by atoms with van der Waals surface area (Å²) < 4.78 is 13.3. The van der Waals surface area contributed by atoms with Crippen LogP contribution in [0.1, 0.15) is 12.6 Å². The molecular weight excluding hydrogens is 428 g/mol. The summed E-state index contributed by atoms with van der Waals surface area (Å²) in [6.07, 6.45) is 12.2. The molecule has 4 aromatic rings. The van der Waals surface area contributed by atoms with E-state index >= 15 is 0 Å². The van der Waals surface area contributed by atoms with Crippen LogP contribution in [0, 0.1) is 6.92 Å². The highest BCUT2D eigenvalue weighted by Crippen LogP contribution is 2.37. The Morgan fingerprint density at radius 1 is 1.18 bits per heavy atom. The van der Waals surface area contributed by atoms with Crippen LogP contribution in [-0.2, 0) is 0 Å². The fourth-order valence-electron chi connectivity index (χ4n) is 3.63. The molecule has 4 rings (SSSR count). The van der Waals surface area contributed by atoms with Crippen molar-refractivity contribution in [1.29, 1.82) is 0 Å². The number of hydrogen-bond acceptors (Lipinski definition) is 5. The number of rotatable bonds is 6. The first kappa shape index (κ1) is 22.8. The number of pyridine rings is 1. The highest BCUT2D eigenvalue weighted by molar-refractivity contribution is 6.00. The van der Waals surface area contributed by atoms with Gasteiger partial charge in [-0.3, -0.25) is 4.57 Å². The molecule has 0 radical (unpaired) electrons. The van der Waals surface area contributed by atoms with E-state index < -0.39 is 0 Å². The molecule has 0 saturated heterocycles. The van der Waals surface area contributed by atoms with E-state index in [2.05, 4.69) is 16.5 Å². The fraction of sp³-hybridized carbons (Fsp3) is 0.148. The number of nitrogens with zero attached hydrogens (tertiary/aromatic N) is 4. The van der Waals surface area contributed by atoms with Crippen LogP contribution in [0.15, 0.2) is 90.2 Å². The van der Waals surface area contributed by atoms with Gasteiger partial charge in [0.2, 0.25) is 0 Å². The zero-order valence-corrected chi connectivity index (χ0v) is 19.6. The molecule has 0 bridgehead atoms. The third-order valence-electron chi connectivity index (χ3n) is 5.27. The molecule has 3 heterocycles. The van der Waals surface area contributed by atoms with Crippen LogP contribution < -0.4 is 4.74 Å². The molecule has 0 aliphatic heterocycles. The van der Waals surface area contributed by atoms with E-state index in [1.54, 1.807) is 32.6 Å². The minimum Gasteiger partial charge on any atom is -0.461 e. The maximum absolute atomic E-state index is 12.8. The molecule has 1 amide bonds. The maximum Gasteiger partial charge on any atom is 0.329 e. The van der Waals surface area contributed by atoms with Gasteiger partial charge in [0.05, 0.1) is 5.69 Å². The van der Waals surface area contributed by atoms with E-state index in [0.717, 1.165) is 33.5 Å². The quantitative estimate of drug-likeness (QED) is 0.255. The molecule has 0 aliphatic rings. The summed E-state index contributed by atoms with van der Waals surface area (Å²) in [6.45, 7) is 7.43. The van der Waals surface area contributed by atoms with E-state index in [4.69, 9.17) is 9.15 Å². The average molecular weight is 455 g/mol. The Labute approximate surface area is 198 Å². The van der Waals surface area contributed by atoms with E-state index in [-0.39, 0.29) is 6.03 Å². The lowest BCUT2D eigenvalue weighted by molar-refractivity contribution is 0.220. The van der Waals surface area contributed by atoms with Crippen LogP contribution in [0.5, 0.6) is 5.75 Å². The Morgan fingerprint density at radius 3 is 2.68 bits per heavy atom. The van der Waals surface area contributed by atoms with Crippen LogP contribution >= 0.6 is 0 Å². The van der Waals surface area contributed by atoms with Gasteiger partial charge in [0, 0.05) is 48.6 Å². The molecule has 172 valence electrons. The maximum atomic E-state index is 12.8. The van der Waals surface area contributed by atoms with Gasteiger partial charge in [-0.05, 0) is 32.1 Å². The van der Waals surface area contributed by atoms with Crippen molar-refractivity contribution >= 4 is 17.1 Å². The number of para-hydroxylation sites is 1. The second-order valence-electron chi connectivity index (χ2n) is 7.95. The lowest BCUT2D eigenvalue weighted by Gasteiger charge is -2.13. The van der Waals surface area contributed by atoms with Crippen LogP contribution in [0.2, 0.25) is 0 Å². The molecule has 0 saturated carbocycles. The predicted molar refractivity (Wildman–Crippen MR) is 134 cm³/mol. The first-order chi connectivity index (χ1) is 16.4. The fourth-order valence-corrected chi connectivity index (χ4v) is 3.63. The molecule has 7 nitrogen and oxygen atoms in total. The number of allylic oxidation sites excluding steroid dienone is 5. The summed E-state index contributed by atoms with van der Waals surface area (Å²) in [4.78, 5) is 23.2. The van der Waals surface area contributed by atoms with E-state index in [0.29, 0.717) is 17.2 Å². The summed E-state index contributed by atoms with van der Waals surface area (Å²) in [5.41, 5.74) is 3.75. The Hall–Kier alpha value is -4.39. The minimum atomic E-state index is -0.203. The van der Waals surface area contributed by atoms with Crippen molar-refractivity contribution in [3.8, 4) is 28.2 Å². The number of fused-ring (bicyclic) bond motifs is 1. The number of carbonyl (C=O) groups excluding carboxylic acids is 1. The zero-order valence-electron chi connectivity index (χ0n) is 19.6. The van der Waals surface area contributed by atoms with Crippen molar-refractivity contribution in [1.82, 2.24) is 19.4 Å². The highest BCUT2D eigenvalue weighted by Gasteiger charge is 2.21. The summed E-state index contributed by atoms with van der Waals surface area (Å²) in [5.74, 6) is 2.04. The topological polar surface area (TPSA) is 73.4 Å². The van der Waals surface area contributed by atoms with Crippen LogP contribution in [-0.4, -0.2) is 39.6 Å². The third-order valence-corrected chi connectivity index (χ3v) is 5.27. The SMILES string of the molecule is C=C/C=C\C=C(/C)Oc1ccccc1-c1cnc2c(c1)c(-c1ocnc1C)cn2C(=O)N(C)C. The number of benzene rings is 1. The van der Waals surface area contributed by atoms with Gasteiger partial charge < -0.3 is 14.1 Å². The van der Waals surface area contributed by atoms with Crippen molar-refractivity contribution in [3.05, 3.63) is 91.5 Å². The van der Waals surface area contributed by atoms with Gasteiger partial charge >= 0.3 is 6.03 Å². The standard InChI is InChI=1S/C27H26N4O3/c1-6-7-8-11-18(2)34-24-13-10-9-12-21(24)20-14-22-23(25-19(3)29-17-33-25)16-31(26(22)28-15-20)27(32)30(4)5/h6-17H,1H2,2-5H3/b8-7-,18-11+. The van der Waals surface area contributed by atoms with Crippen molar-refractivity contribution in [2.24, 2.45) is 0 Å². The number of amides is 1. The lowest BCUT2D eigenvalue weighted by Crippen LogP contribution is -2.26. The highest BCUT2D eigenvalue weighted by atomic mass is 16.5. The number of carbonyl (C=O) groups is 1.